The van der Waals surface area contributed by atoms with E-state index in [4.69, 9.17) is 10.5 Å². The van der Waals surface area contributed by atoms with E-state index >= 15 is 0 Å². The van der Waals surface area contributed by atoms with Crippen molar-refractivity contribution < 1.29 is 22.6 Å². The second kappa shape index (κ2) is 9.26. The van der Waals surface area contributed by atoms with Crippen molar-refractivity contribution in [2.45, 2.75) is 12.4 Å². The van der Waals surface area contributed by atoms with Crippen LogP contribution in [0.1, 0.15) is 10.9 Å². The summed E-state index contributed by atoms with van der Waals surface area (Å²) < 4.78 is 45.9. The van der Waals surface area contributed by atoms with Crippen LogP contribution < -0.4 is 15.8 Å². The fourth-order valence-electron chi connectivity index (χ4n) is 2.87. The third-order valence-corrected chi connectivity index (χ3v) is 5.13. The van der Waals surface area contributed by atoms with Gasteiger partial charge in [0, 0.05) is 23.7 Å². The zero-order valence-electron chi connectivity index (χ0n) is 15.0. The summed E-state index contributed by atoms with van der Waals surface area (Å²) in [5.74, 6) is -0.0991. The van der Waals surface area contributed by atoms with Crippen LogP contribution >= 0.6 is 11.3 Å². The quantitative estimate of drug-likeness (QED) is 0.560. The number of halogens is 3. The Balaban J connectivity index is 1.61. The lowest BCUT2D eigenvalue weighted by Crippen LogP contribution is -2.40. The highest BCUT2D eigenvalue weighted by Crippen LogP contribution is 2.27. The number of ether oxygens (including phenoxy) is 2. The molecule has 1 saturated heterocycles. The highest BCUT2D eigenvalue weighted by molar-refractivity contribution is 7.10. The van der Waals surface area contributed by atoms with Crippen molar-refractivity contribution in [3.63, 3.8) is 0 Å². The summed E-state index contributed by atoms with van der Waals surface area (Å²) in [4.78, 5) is 7.94. The normalized spacial score (nSPS) is 17.3. The summed E-state index contributed by atoms with van der Waals surface area (Å²) >= 11 is 1.67. The molecule has 0 spiro atoms. The maximum Gasteiger partial charge on any atom is 0.573 e. The maximum absolute atomic E-state index is 12.2. The van der Waals surface area contributed by atoms with Gasteiger partial charge in [-0.2, -0.15) is 0 Å². The Labute approximate surface area is 164 Å². The molecule has 3 rings (SSSR count). The molecule has 2 aromatic rings. The highest BCUT2D eigenvalue weighted by atomic mass is 32.1. The van der Waals surface area contributed by atoms with Gasteiger partial charge >= 0.3 is 6.36 Å². The Bertz CT molecular complexity index is 760. The molecule has 1 unspecified atom stereocenters. The first-order valence-corrected chi connectivity index (χ1v) is 9.56. The SMILES string of the molecule is NC(=NCC(c1cccs1)N1CCOCC1)Nc1ccc(OC(F)(F)F)cc1. The van der Waals surface area contributed by atoms with Gasteiger partial charge in [0.15, 0.2) is 5.96 Å². The zero-order valence-corrected chi connectivity index (χ0v) is 15.8. The summed E-state index contributed by atoms with van der Waals surface area (Å²) in [6.45, 7) is 3.49. The number of benzene rings is 1. The number of nitrogens with one attached hydrogen (secondary N) is 1. The summed E-state index contributed by atoms with van der Waals surface area (Å²) in [6, 6.07) is 9.50. The number of morpholine rings is 1. The largest absolute Gasteiger partial charge is 0.573 e. The van der Waals surface area contributed by atoms with Gasteiger partial charge in [-0.1, -0.05) is 6.07 Å². The van der Waals surface area contributed by atoms with Crippen molar-refractivity contribution in [2.24, 2.45) is 10.7 Å². The standard InChI is InChI=1S/C18H21F3N4O2S/c19-18(20,21)27-14-5-3-13(4-6-14)24-17(22)23-12-15(16-2-1-11-28-16)25-7-9-26-10-8-25/h1-6,11,15H,7-10,12H2,(H3,22,23,24). The van der Waals surface area contributed by atoms with Crippen molar-refractivity contribution in [3.05, 3.63) is 46.7 Å². The van der Waals surface area contributed by atoms with Crippen LogP contribution in [0, 0.1) is 0 Å². The number of guanidine groups is 1. The number of nitrogens with two attached hydrogens (primary N) is 1. The van der Waals surface area contributed by atoms with E-state index in [1.54, 1.807) is 11.3 Å². The predicted octanol–water partition coefficient (Wildman–Crippen LogP) is 3.45. The third-order valence-electron chi connectivity index (χ3n) is 4.15. The lowest BCUT2D eigenvalue weighted by molar-refractivity contribution is -0.274. The van der Waals surface area contributed by atoms with E-state index in [-0.39, 0.29) is 17.8 Å². The lowest BCUT2D eigenvalue weighted by atomic mass is 10.2. The number of thiophene rings is 1. The number of anilines is 1. The van der Waals surface area contributed by atoms with Gasteiger partial charge < -0.3 is 20.5 Å². The van der Waals surface area contributed by atoms with Crippen LogP contribution in [-0.4, -0.2) is 50.1 Å². The number of alkyl halides is 3. The molecule has 3 N–H and O–H groups in total. The molecule has 1 aliphatic rings. The molecule has 0 radical (unpaired) electrons. The van der Waals surface area contributed by atoms with Gasteiger partial charge in [-0.3, -0.25) is 9.89 Å². The fraction of sp³-hybridized carbons (Fsp3) is 0.389. The van der Waals surface area contributed by atoms with Crippen molar-refractivity contribution in [2.75, 3.05) is 38.2 Å². The molecule has 1 aromatic carbocycles. The van der Waals surface area contributed by atoms with Crippen molar-refractivity contribution in [1.82, 2.24) is 4.90 Å². The summed E-state index contributed by atoms with van der Waals surface area (Å²) in [6.07, 6.45) is -4.72. The summed E-state index contributed by atoms with van der Waals surface area (Å²) in [7, 11) is 0. The van der Waals surface area contributed by atoms with Gasteiger partial charge in [0.05, 0.1) is 25.8 Å². The molecular formula is C18H21F3N4O2S. The van der Waals surface area contributed by atoms with Crippen LogP contribution in [-0.2, 0) is 4.74 Å². The van der Waals surface area contributed by atoms with E-state index in [1.165, 1.54) is 29.1 Å². The van der Waals surface area contributed by atoms with Crippen LogP contribution in [0.3, 0.4) is 0 Å². The van der Waals surface area contributed by atoms with Gasteiger partial charge in [-0.05, 0) is 35.7 Å². The van der Waals surface area contributed by atoms with E-state index < -0.39 is 6.36 Å². The van der Waals surface area contributed by atoms with Crippen molar-refractivity contribution >= 4 is 23.0 Å². The molecule has 1 aliphatic heterocycles. The molecule has 6 nitrogen and oxygen atoms in total. The number of aliphatic imine (C=N–C) groups is 1. The van der Waals surface area contributed by atoms with Crippen LogP contribution in [0.4, 0.5) is 18.9 Å². The van der Waals surface area contributed by atoms with E-state index in [0.29, 0.717) is 25.4 Å². The van der Waals surface area contributed by atoms with Crippen molar-refractivity contribution in [3.8, 4) is 5.75 Å². The maximum atomic E-state index is 12.2. The minimum Gasteiger partial charge on any atom is -0.406 e. The van der Waals surface area contributed by atoms with Crippen molar-refractivity contribution in [1.29, 1.82) is 0 Å². The van der Waals surface area contributed by atoms with E-state index in [1.807, 2.05) is 11.4 Å². The topological polar surface area (TPSA) is 72.1 Å². The average molecular weight is 414 g/mol. The Kier molecular flexibility index (Phi) is 6.76. The fourth-order valence-corrected chi connectivity index (χ4v) is 3.72. The Morgan fingerprint density at radius 2 is 1.96 bits per heavy atom. The molecule has 1 atom stereocenters. The van der Waals surface area contributed by atoms with Crippen LogP contribution in [0.15, 0.2) is 46.8 Å². The first-order valence-electron chi connectivity index (χ1n) is 8.69. The minimum atomic E-state index is -4.72. The molecule has 2 heterocycles. The number of rotatable bonds is 6. The molecule has 0 amide bonds. The predicted molar refractivity (Wildman–Crippen MR) is 103 cm³/mol. The molecule has 0 bridgehead atoms. The first kappa shape index (κ1) is 20.4. The second-order valence-corrected chi connectivity index (χ2v) is 7.08. The molecule has 152 valence electrons. The average Bonchev–Trinajstić information content (AvgIpc) is 3.18. The smallest absolute Gasteiger partial charge is 0.406 e. The minimum absolute atomic E-state index is 0.104. The Morgan fingerprint density at radius 1 is 1.25 bits per heavy atom. The molecular weight excluding hydrogens is 393 g/mol. The second-order valence-electron chi connectivity index (χ2n) is 6.10. The van der Waals surface area contributed by atoms with Gasteiger partial charge in [-0.25, -0.2) is 0 Å². The van der Waals surface area contributed by atoms with Gasteiger partial charge in [-0.15, -0.1) is 24.5 Å². The van der Waals surface area contributed by atoms with E-state index in [9.17, 15) is 13.2 Å². The molecule has 0 saturated carbocycles. The molecule has 10 heteroatoms. The molecule has 1 fully saturated rings. The number of nitrogens with zero attached hydrogens (tertiary/aromatic N) is 2. The number of hydrogen-bond donors (Lipinski definition) is 2. The molecule has 0 aliphatic carbocycles. The Morgan fingerprint density at radius 3 is 2.57 bits per heavy atom. The Hall–Kier alpha value is -2.30. The van der Waals surface area contributed by atoms with E-state index in [0.717, 1.165) is 13.1 Å². The first-order chi connectivity index (χ1) is 13.4. The highest BCUT2D eigenvalue weighted by Gasteiger charge is 2.31. The monoisotopic (exact) mass is 414 g/mol. The molecule has 1 aromatic heterocycles. The summed E-state index contributed by atoms with van der Waals surface area (Å²) in [5, 5.41) is 4.91. The van der Waals surface area contributed by atoms with Gasteiger partial charge in [0.2, 0.25) is 0 Å². The zero-order chi connectivity index (χ0) is 20.0. The molecule has 28 heavy (non-hydrogen) atoms. The van der Waals surface area contributed by atoms with E-state index in [2.05, 4.69) is 26.0 Å². The third kappa shape index (κ3) is 6.11. The van der Waals surface area contributed by atoms with Crippen LogP contribution in [0.2, 0.25) is 0 Å². The van der Waals surface area contributed by atoms with Crippen LogP contribution in [0.5, 0.6) is 5.75 Å². The number of hydrogen-bond acceptors (Lipinski definition) is 5. The summed E-state index contributed by atoms with van der Waals surface area (Å²) in [5.41, 5.74) is 6.49. The van der Waals surface area contributed by atoms with Gasteiger partial charge in [0.1, 0.15) is 5.75 Å². The van der Waals surface area contributed by atoms with Gasteiger partial charge in [0.25, 0.3) is 0 Å². The van der Waals surface area contributed by atoms with Crippen LogP contribution in [0.25, 0.3) is 0 Å². The lowest BCUT2D eigenvalue weighted by Gasteiger charge is -2.33.